The second-order valence-corrected chi connectivity index (χ2v) is 1.16. The van der Waals surface area contributed by atoms with Crippen molar-refractivity contribution in [3.63, 3.8) is 0 Å². The van der Waals surface area contributed by atoms with Crippen molar-refractivity contribution in [2.75, 3.05) is 13.1 Å². The molecule has 0 aliphatic rings. The van der Waals surface area contributed by atoms with E-state index in [0.29, 0.717) is 13.1 Å². The summed E-state index contributed by atoms with van der Waals surface area (Å²) in [6.45, 7) is 4.56. The molecule has 0 unspecified atom stereocenters. The Bertz CT molecular complexity index is 43.5. The van der Waals surface area contributed by atoms with Crippen LogP contribution in [-0.4, -0.2) is 13.1 Å². The van der Waals surface area contributed by atoms with Crippen LogP contribution >= 0.6 is 0 Å². The Hall–Kier alpha value is -0.340. The van der Waals surface area contributed by atoms with Crippen molar-refractivity contribution in [1.29, 1.82) is 0 Å². The summed E-state index contributed by atoms with van der Waals surface area (Å²) in [5.41, 5.74) is 11.1. The van der Waals surface area contributed by atoms with E-state index in [2.05, 4.69) is 6.58 Å². The van der Waals surface area contributed by atoms with Crippen LogP contribution in [0.1, 0.15) is 0 Å². The molecule has 0 bridgehead atoms. The Labute approximate surface area is 37.8 Å². The molecule has 0 aliphatic heterocycles. The number of nitrogens with two attached hydrogens (primary N) is 2. The lowest BCUT2D eigenvalue weighted by Crippen LogP contribution is -2.10. The highest BCUT2D eigenvalue weighted by molar-refractivity contribution is 4.96. The molecule has 0 aliphatic carbocycles. The molecule has 0 fully saturated rings. The molecule has 2 nitrogen and oxygen atoms in total. The van der Waals surface area contributed by atoms with Crippen molar-refractivity contribution in [3.8, 4) is 0 Å². The van der Waals surface area contributed by atoms with Gasteiger partial charge in [0.25, 0.3) is 0 Å². The van der Waals surface area contributed by atoms with Crippen LogP contribution in [0.4, 0.5) is 0 Å². The normalized spacial score (nSPS) is 8.33. The first-order valence-corrected chi connectivity index (χ1v) is 1.88. The minimum Gasteiger partial charge on any atom is -0.327 e. The molecule has 0 aromatic carbocycles. The minimum absolute atomic E-state index is 0.510. The van der Waals surface area contributed by atoms with Gasteiger partial charge in [-0.3, -0.25) is 0 Å². The standard InChI is InChI=1S/C4H10N2/c1-4(2-5)3-6/h1-3,5-6H2. The van der Waals surface area contributed by atoms with Crippen LogP contribution in [0.2, 0.25) is 0 Å². The van der Waals surface area contributed by atoms with E-state index in [1.54, 1.807) is 0 Å². The average Bonchev–Trinajstić information content (AvgIpc) is 1.65. The van der Waals surface area contributed by atoms with Crippen LogP contribution in [0.5, 0.6) is 0 Å². The third-order valence-corrected chi connectivity index (χ3v) is 0.577. The molecule has 0 radical (unpaired) electrons. The zero-order valence-electron chi connectivity index (χ0n) is 3.78. The summed E-state index contributed by atoms with van der Waals surface area (Å²) in [6.07, 6.45) is 0. The summed E-state index contributed by atoms with van der Waals surface area (Å²) in [4.78, 5) is 0. The molecule has 0 heterocycles. The molecule has 2 heteroatoms. The second kappa shape index (κ2) is 2.87. The van der Waals surface area contributed by atoms with Gasteiger partial charge in [-0.1, -0.05) is 12.2 Å². The third kappa shape index (κ3) is 1.93. The van der Waals surface area contributed by atoms with Crippen LogP contribution in [0.3, 0.4) is 0 Å². The lowest BCUT2D eigenvalue weighted by molar-refractivity contribution is 1.05. The number of rotatable bonds is 2. The molecule has 36 valence electrons. The van der Waals surface area contributed by atoms with Crippen molar-refractivity contribution in [2.45, 2.75) is 0 Å². The monoisotopic (exact) mass is 86.1 g/mol. The van der Waals surface area contributed by atoms with Gasteiger partial charge in [-0.05, 0) is 0 Å². The van der Waals surface area contributed by atoms with Crippen molar-refractivity contribution in [2.24, 2.45) is 11.5 Å². The second-order valence-electron chi connectivity index (χ2n) is 1.16. The number of hydrogen-bond donors (Lipinski definition) is 2. The molecule has 0 amide bonds. The summed E-state index contributed by atoms with van der Waals surface area (Å²) >= 11 is 0. The maximum atomic E-state index is 5.10. The van der Waals surface area contributed by atoms with Crippen LogP contribution < -0.4 is 11.5 Å². The Morgan fingerprint density at radius 2 is 1.67 bits per heavy atom. The highest BCUT2D eigenvalue weighted by Gasteiger charge is 1.78. The zero-order valence-corrected chi connectivity index (χ0v) is 3.78. The van der Waals surface area contributed by atoms with Crippen molar-refractivity contribution in [1.82, 2.24) is 0 Å². The minimum atomic E-state index is 0.510. The summed E-state index contributed by atoms with van der Waals surface area (Å²) in [6, 6.07) is 0. The fourth-order valence-electron chi connectivity index (χ4n) is 0.0833. The third-order valence-electron chi connectivity index (χ3n) is 0.577. The van der Waals surface area contributed by atoms with Gasteiger partial charge in [0.2, 0.25) is 0 Å². The Kier molecular flexibility index (Phi) is 2.71. The summed E-state index contributed by atoms with van der Waals surface area (Å²) in [5.74, 6) is 0. The van der Waals surface area contributed by atoms with Crippen LogP contribution in [0.15, 0.2) is 12.2 Å². The van der Waals surface area contributed by atoms with E-state index in [9.17, 15) is 0 Å². The maximum Gasteiger partial charge on any atom is 0.0146 e. The molecule has 0 aromatic heterocycles. The fraction of sp³-hybridized carbons (Fsp3) is 0.500. The van der Waals surface area contributed by atoms with Crippen molar-refractivity contribution < 1.29 is 0 Å². The van der Waals surface area contributed by atoms with Crippen molar-refractivity contribution >= 4 is 0 Å². The predicted molar refractivity (Wildman–Crippen MR) is 27.2 cm³/mol. The Balaban J connectivity index is 2.99. The summed E-state index contributed by atoms with van der Waals surface area (Å²) in [5, 5.41) is 0. The van der Waals surface area contributed by atoms with Gasteiger partial charge in [0, 0.05) is 13.1 Å². The van der Waals surface area contributed by atoms with E-state index in [1.807, 2.05) is 0 Å². The first-order valence-electron chi connectivity index (χ1n) is 1.88. The van der Waals surface area contributed by atoms with E-state index < -0.39 is 0 Å². The van der Waals surface area contributed by atoms with Gasteiger partial charge >= 0.3 is 0 Å². The lowest BCUT2D eigenvalue weighted by Gasteiger charge is -1.90. The summed E-state index contributed by atoms with van der Waals surface area (Å²) in [7, 11) is 0. The smallest absolute Gasteiger partial charge is 0.0146 e. The quantitative estimate of drug-likeness (QED) is 0.443. The van der Waals surface area contributed by atoms with Gasteiger partial charge in [-0.2, -0.15) is 0 Å². The van der Waals surface area contributed by atoms with E-state index in [4.69, 9.17) is 11.5 Å². The van der Waals surface area contributed by atoms with Gasteiger partial charge in [-0.15, -0.1) is 0 Å². The van der Waals surface area contributed by atoms with Gasteiger partial charge in [0.05, 0.1) is 0 Å². The molecule has 0 rings (SSSR count). The predicted octanol–water partition coefficient (Wildman–Crippen LogP) is -0.540. The molecule has 0 saturated carbocycles. The highest BCUT2D eigenvalue weighted by Crippen LogP contribution is 1.74. The van der Waals surface area contributed by atoms with Crippen LogP contribution in [0.25, 0.3) is 0 Å². The molecule has 0 aromatic rings. The van der Waals surface area contributed by atoms with Crippen molar-refractivity contribution in [3.05, 3.63) is 12.2 Å². The molecule has 0 saturated heterocycles. The largest absolute Gasteiger partial charge is 0.327 e. The number of hydrogen-bond acceptors (Lipinski definition) is 2. The molecule has 6 heavy (non-hydrogen) atoms. The Morgan fingerprint density at radius 3 is 1.67 bits per heavy atom. The van der Waals surface area contributed by atoms with Gasteiger partial charge in [0.1, 0.15) is 0 Å². The SMILES string of the molecule is C=C(CN)CN. The van der Waals surface area contributed by atoms with Gasteiger partial charge in [0.15, 0.2) is 0 Å². The molecule has 0 atom stereocenters. The summed E-state index contributed by atoms with van der Waals surface area (Å²) < 4.78 is 0. The lowest BCUT2D eigenvalue weighted by atomic mass is 10.3. The molecule has 0 spiro atoms. The topological polar surface area (TPSA) is 52.0 Å². The molecular weight excluding hydrogens is 76.1 g/mol. The Morgan fingerprint density at radius 1 is 1.33 bits per heavy atom. The van der Waals surface area contributed by atoms with Crippen LogP contribution in [-0.2, 0) is 0 Å². The maximum absolute atomic E-state index is 5.10. The van der Waals surface area contributed by atoms with Crippen LogP contribution in [0, 0.1) is 0 Å². The molecular formula is C4H10N2. The van der Waals surface area contributed by atoms with E-state index in [0.717, 1.165) is 5.57 Å². The average molecular weight is 86.1 g/mol. The first kappa shape index (κ1) is 5.66. The van der Waals surface area contributed by atoms with E-state index >= 15 is 0 Å². The van der Waals surface area contributed by atoms with E-state index in [-0.39, 0.29) is 0 Å². The fourth-order valence-corrected chi connectivity index (χ4v) is 0.0833. The molecule has 4 N–H and O–H groups in total. The zero-order chi connectivity index (χ0) is 4.99. The van der Waals surface area contributed by atoms with Gasteiger partial charge < -0.3 is 11.5 Å². The van der Waals surface area contributed by atoms with Gasteiger partial charge in [-0.25, -0.2) is 0 Å². The highest BCUT2D eigenvalue weighted by atomic mass is 14.6. The van der Waals surface area contributed by atoms with E-state index in [1.165, 1.54) is 0 Å². The first-order chi connectivity index (χ1) is 2.81.